The molecule has 28 heavy (non-hydrogen) atoms. The average molecular weight is 383 g/mol. The van der Waals surface area contributed by atoms with Crippen LogP contribution in [-0.4, -0.2) is 62.0 Å². The molecule has 0 bridgehead atoms. The van der Waals surface area contributed by atoms with Crippen molar-refractivity contribution in [2.75, 3.05) is 50.8 Å². The molecule has 0 saturated carbocycles. The highest BCUT2D eigenvalue weighted by Gasteiger charge is 2.25. The fraction of sp³-hybridized carbons (Fsp3) is 0.478. The molecule has 2 aromatic rings. The van der Waals surface area contributed by atoms with Crippen molar-refractivity contribution in [3.8, 4) is 11.5 Å². The van der Waals surface area contributed by atoms with Crippen LogP contribution in [0.3, 0.4) is 0 Å². The van der Waals surface area contributed by atoms with E-state index in [0.717, 1.165) is 56.3 Å². The van der Waals surface area contributed by atoms with E-state index in [2.05, 4.69) is 40.1 Å². The summed E-state index contributed by atoms with van der Waals surface area (Å²) in [6.45, 7) is 8.13. The van der Waals surface area contributed by atoms with E-state index >= 15 is 0 Å². The number of aliphatic hydroxyl groups is 1. The van der Waals surface area contributed by atoms with Crippen molar-refractivity contribution in [3.05, 3.63) is 54.1 Å². The topological polar surface area (TPSA) is 45.2 Å². The number of hydrogen-bond acceptors (Lipinski definition) is 5. The van der Waals surface area contributed by atoms with Gasteiger partial charge in [-0.25, -0.2) is 0 Å². The largest absolute Gasteiger partial charge is 0.486 e. The molecule has 1 N–H and O–H groups in total. The van der Waals surface area contributed by atoms with Crippen LogP contribution in [0.2, 0.25) is 0 Å². The maximum Gasteiger partial charge on any atom is 0.184 e. The van der Waals surface area contributed by atoms with Crippen molar-refractivity contribution in [1.82, 2.24) is 4.90 Å². The maximum atomic E-state index is 10.2. The zero-order valence-corrected chi connectivity index (χ0v) is 16.6. The Kier molecular flexibility index (Phi) is 6.03. The molecule has 5 heteroatoms. The molecule has 2 heterocycles. The molecule has 1 saturated heterocycles. The fourth-order valence-electron chi connectivity index (χ4n) is 4.23. The molecule has 1 fully saturated rings. The van der Waals surface area contributed by atoms with E-state index in [1.165, 1.54) is 5.56 Å². The predicted octanol–water partition coefficient (Wildman–Crippen LogP) is 3.13. The molecule has 4 rings (SSSR count). The maximum absolute atomic E-state index is 10.2. The minimum absolute atomic E-state index is 0.186. The Bertz CT molecular complexity index is 758. The number of hydrogen-bond donors (Lipinski definition) is 1. The van der Waals surface area contributed by atoms with Gasteiger partial charge in [-0.05, 0) is 37.6 Å². The van der Waals surface area contributed by atoms with Gasteiger partial charge in [0.25, 0.3) is 0 Å². The minimum atomic E-state index is -0.336. The van der Waals surface area contributed by atoms with Crippen molar-refractivity contribution < 1.29 is 14.6 Å². The van der Waals surface area contributed by atoms with Crippen molar-refractivity contribution in [2.45, 2.75) is 25.4 Å². The van der Waals surface area contributed by atoms with E-state index in [4.69, 9.17) is 9.47 Å². The van der Waals surface area contributed by atoms with Gasteiger partial charge < -0.3 is 19.5 Å². The van der Waals surface area contributed by atoms with Gasteiger partial charge in [-0.15, -0.1) is 0 Å². The first-order valence-corrected chi connectivity index (χ1v) is 10.3. The Labute approximate surface area is 167 Å². The average Bonchev–Trinajstić information content (AvgIpc) is 2.74. The Morgan fingerprint density at radius 3 is 2.43 bits per heavy atom. The van der Waals surface area contributed by atoms with E-state index < -0.39 is 0 Å². The summed E-state index contributed by atoms with van der Waals surface area (Å²) in [5, 5.41) is 10.2. The van der Waals surface area contributed by atoms with Crippen LogP contribution in [0.5, 0.6) is 11.5 Å². The molecule has 2 atom stereocenters. The van der Waals surface area contributed by atoms with E-state index in [1.54, 1.807) is 0 Å². The zero-order chi connectivity index (χ0) is 19.3. The second-order valence-corrected chi connectivity index (χ2v) is 7.68. The van der Waals surface area contributed by atoms with Crippen LogP contribution in [0.4, 0.5) is 5.69 Å². The molecular weight excluding hydrogens is 352 g/mol. The van der Waals surface area contributed by atoms with Gasteiger partial charge in [0.05, 0.1) is 11.8 Å². The summed E-state index contributed by atoms with van der Waals surface area (Å²) in [6.07, 6.45) is 0.635. The molecule has 0 aliphatic carbocycles. The normalized spacial score (nSPS) is 19.3. The summed E-state index contributed by atoms with van der Waals surface area (Å²) in [4.78, 5) is 4.90. The van der Waals surface area contributed by atoms with Crippen molar-refractivity contribution >= 4 is 5.69 Å². The first kappa shape index (κ1) is 19.1. The molecule has 2 aliphatic heterocycles. The molecule has 0 aromatic heterocycles. The number of benzene rings is 2. The van der Waals surface area contributed by atoms with Crippen molar-refractivity contribution in [3.63, 3.8) is 0 Å². The first-order chi connectivity index (χ1) is 13.7. The lowest BCUT2D eigenvalue weighted by atomic mass is 9.91. The van der Waals surface area contributed by atoms with Gasteiger partial charge in [0.2, 0.25) is 0 Å². The summed E-state index contributed by atoms with van der Waals surface area (Å²) >= 11 is 0. The number of rotatable bonds is 6. The first-order valence-electron chi connectivity index (χ1n) is 10.3. The summed E-state index contributed by atoms with van der Waals surface area (Å²) in [5.41, 5.74) is 2.37. The summed E-state index contributed by atoms with van der Waals surface area (Å²) in [7, 11) is 0. The van der Waals surface area contributed by atoms with Crippen LogP contribution in [0.15, 0.2) is 48.5 Å². The molecule has 0 radical (unpaired) electrons. The van der Waals surface area contributed by atoms with Crippen LogP contribution in [0, 0.1) is 0 Å². The van der Waals surface area contributed by atoms with Crippen LogP contribution in [0.25, 0.3) is 0 Å². The highest BCUT2D eigenvalue weighted by Crippen LogP contribution is 2.39. The van der Waals surface area contributed by atoms with Crippen LogP contribution < -0.4 is 14.4 Å². The van der Waals surface area contributed by atoms with Gasteiger partial charge in [0.1, 0.15) is 13.2 Å². The summed E-state index contributed by atoms with van der Waals surface area (Å²) in [6, 6.07) is 16.5. The number of fused-ring (bicyclic) bond motifs is 1. The lowest BCUT2D eigenvalue weighted by Gasteiger charge is -2.38. The van der Waals surface area contributed by atoms with Gasteiger partial charge >= 0.3 is 0 Å². The SMILES string of the molecule is CC(O)C(CCN1CCN(c2cccc3c2OCCO3)CC1)c1ccccc1. The minimum Gasteiger partial charge on any atom is -0.486 e. The Morgan fingerprint density at radius 2 is 1.68 bits per heavy atom. The smallest absolute Gasteiger partial charge is 0.184 e. The van der Waals surface area contributed by atoms with Gasteiger partial charge in [-0.1, -0.05) is 36.4 Å². The molecule has 150 valence electrons. The Hall–Kier alpha value is -2.24. The van der Waals surface area contributed by atoms with Gasteiger partial charge in [-0.2, -0.15) is 0 Å². The molecular formula is C23H30N2O3. The van der Waals surface area contributed by atoms with E-state index in [-0.39, 0.29) is 12.0 Å². The number of ether oxygens (including phenoxy) is 2. The number of nitrogens with zero attached hydrogens (tertiary/aromatic N) is 2. The van der Waals surface area contributed by atoms with Crippen LogP contribution in [0.1, 0.15) is 24.8 Å². The summed E-state index contributed by atoms with van der Waals surface area (Å²) in [5.74, 6) is 1.93. The highest BCUT2D eigenvalue weighted by molar-refractivity contribution is 5.65. The second-order valence-electron chi connectivity index (χ2n) is 7.68. The predicted molar refractivity (Wildman–Crippen MR) is 112 cm³/mol. The molecule has 2 unspecified atom stereocenters. The van der Waals surface area contributed by atoms with Crippen molar-refractivity contribution in [2.24, 2.45) is 0 Å². The van der Waals surface area contributed by atoms with Crippen molar-refractivity contribution in [1.29, 1.82) is 0 Å². The fourth-order valence-corrected chi connectivity index (χ4v) is 4.23. The van der Waals surface area contributed by atoms with Gasteiger partial charge in [-0.3, -0.25) is 4.90 Å². The third kappa shape index (κ3) is 4.26. The van der Waals surface area contributed by atoms with Gasteiger partial charge in [0, 0.05) is 32.1 Å². The molecule has 2 aliphatic rings. The standard InChI is InChI=1S/C23H30N2O3/c1-18(26)20(19-6-3-2-4-7-19)10-11-24-12-14-25(15-13-24)21-8-5-9-22-23(21)28-17-16-27-22/h2-9,18,20,26H,10-17H2,1H3. The number of para-hydroxylation sites is 1. The molecule has 0 amide bonds. The van der Waals surface area contributed by atoms with Crippen LogP contribution >= 0.6 is 0 Å². The zero-order valence-electron chi connectivity index (χ0n) is 16.6. The lowest BCUT2D eigenvalue weighted by molar-refractivity contribution is 0.145. The third-order valence-electron chi connectivity index (χ3n) is 5.82. The molecule has 2 aromatic carbocycles. The second kappa shape index (κ2) is 8.84. The Balaban J connectivity index is 1.33. The number of piperazine rings is 1. The van der Waals surface area contributed by atoms with Gasteiger partial charge in [0.15, 0.2) is 11.5 Å². The monoisotopic (exact) mass is 382 g/mol. The van der Waals surface area contributed by atoms with E-state index in [0.29, 0.717) is 13.2 Å². The molecule has 0 spiro atoms. The lowest BCUT2D eigenvalue weighted by Crippen LogP contribution is -2.47. The highest BCUT2D eigenvalue weighted by atomic mass is 16.6. The number of aliphatic hydroxyl groups excluding tert-OH is 1. The molecule has 5 nitrogen and oxygen atoms in total. The van der Waals surface area contributed by atoms with E-state index in [1.807, 2.05) is 25.1 Å². The number of anilines is 1. The van der Waals surface area contributed by atoms with Crippen LogP contribution in [-0.2, 0) is 0 Å². The quantitative estimate of drug-likeness (QED) is 0.832. The summed E-state index contributed by atoms with van der Waals surface area (Å²) < 4.78 is 11.6. The Morgan fingerprint density at radius 1 is 0.929 bits per heavy atom. The van der Waals surface area contributed by atoms with E-state index in [9.17, 15) is 5.11 Å². The third-order valence-corrected chi connectivity index (χ3v) is 5.82.